The monoisotopic (exact) mass is 540 g/mol. The van der Waals surface area contributed by atoms with Crippen LogP contribution in [0.3, 0.4) is 0 Å². The highest BCUT2D eigenvalue weighted by atomic mass is 32.1. The molecule has 0 saturated heterocycles. The Hall–Kier alpha value is -3.30. The maximum absolute atomic E-state index is 13.1. The molecule has 1 heterocycles. The fourth-order valence-corrected chi connectivity index (χ4v) is 5.19. The van der Waals surface area contributed by atoms with E-state index in [0.29, 0.717) is 16.8 Å². The van der Waals surface area contributed by atoms with Crippen molar-refractivity contribution in [2.45, 2.75) is 13.8 Å². The number of benzene rings is 3. The van der Waals surface area contributed by atoms with Crippen LogP contribution >= 0.6 is 20.4 Å². The summed E-state index contributed by atoms with van der Waals surface area (Å²) in [6, 6.07) is 16.9. The predicted molar refractivity (Wildman–Crippen MR) is 152 cm³/mol. The third-order valence-corrected chi connectivity index (χ3v) is 7.59. The number of nitrogens with one attached hydrogen (secondary N) is 3. The summed E-state index contributed by atoms with van der Waals surface area (Å²) in [4.78, 5) is 27.8. The quantitative estimate of drug-likeness (QED) is 0.0993. The van der Waals surface area contributed by atoms with Gasteiger partial charge in [0, 0.05) is 29.1 Å². The van der Waals surface area contributed by atoms with Crippen molar-refractivity contribution >= 4 is 65.2 Å². The number of hydrogen-bond acceptors (Lipinski definition) is 8. The van der Waals surface area contributed by atoms with Gasteiger partial charge in [0.15, 0.2) is 0 Å². The number of aryl methyl sites for hydroxylation is 1. The summed E-state index contributed by atoms with van der Waals surface area (Å²) in [6.07, 6.45) is -0.184. The molecule has 0 saturated carbocycles. The van der Waals surface area contributed by atoms with Gasteiger partial charge in [0.1, 0.15) is 5.75 Å². The fourth-order valence-electron chi connectivity index (χ4n) is 4.12. The molecular weight excluding hydrogens is 511 g/mol. The van der Waals surface area contributed by atoms with Crippen LogP contribution in [0.15, 0.2) is 54.6 Å². The van der Waals surface area contributed by atoms with E-state index in [1.165, 1.54) is 0 Å². The van der Waals surface area contributed by atoms with Gasteiger partial charge >= 0.3 is 7.60 Å². The maximum Gasteiger partial charge on any atom is 0.329 e. The van der Waals surface area contributed by atoms with Crippen LogP contribution in [0.25, 0.3) is 21.8 Å². The first-order valence-electron chi connectivity index (χ1n) is 11.7. The highest BCUT2D eigenvalue weighted by Crippen LogP contribution is 2.41. The largest absolute Gasteiger partial charge is 0.494 e. The van der Waals surface area contributed by atoms with E-state index in [0.717, 1.165) is 38.9 Å². The number of carbonyl (C=O) groups is 1. The highest BCUT2D eigenvalue weighted by Gasteiger charge is 2.21. The Morgan fingerprint density at radius 1 is 1.11 bits per heavy atom. The van der Waals surface area contributed by atoms with Crippen molar-refractivity contribution in [3.63, 3.8) is 0 Å². The van der Waals surface area contributed by atoms with Gasteiger partial charge in [-0.15, -0.1) is 0 Å². The number of pyridine rings is 1. The normalized spacial score (nSPS) is 12.8. The molecule has 0 aliphatic rings. The summed E-state index contributed by atoms with van der Waals surface area (Å²) < 4.78 is 25.2. The van der Waals surface area contributed by atoms with Crippen molar-refractivity contribution in [2.75, 3.05) is 36.5 Å². The zero-order valence-corrected chi connectivity index (χ0v) is 22.5. The van der Waals surface area contributed by atoms with Gasteiger partial charge in [-0.2, -0.15) is 0 Å². The van der Waals surface area contributed by atoms with Gasteiger partial charge in [-0.1, -0.05) is 43.1 Å². The highest BCUT2D eigenvalue weighted by molar-refractivity contribution is 7.81. The lowest BCUT2D eigenvalue weighted by Gasteiger charge is -2.18. The number of fused-ring (bicyclic) bond motifs is 2. The molecule has 194 valence electrons. The fraction of sp³-hybridized carbons (Fsp3) is 0.231. The summed E-state index contributed by atoms with van der Waals surface area (Å²) in [5.74, 6) is 0.219. The number of nitrogens with zero attached hydrogens (tertiary/aromatic N) is 1. The van der Waals surface area contributed by atoms with E-state index >= 15 is 0 Å². The molecule has 1 atom stereocenters. The van der Waals surface area contributed by atoms with Crippen molar-refractivity contribution in [3.05, 3.63) is 65.7 Å². The average molecular weight is 541 g/mol. The Morgan fingerprint density at radius 2 is 1.84 bits per heavy atom. The number of para-hydroxylation sites is 2. The Labute approximate surface area is 220 Å². The lowest BCUT2D eigenvalue weighted by molar-refractivity contribution is 0.0957. The van der Waals surface area contributed by atoms with E-state index in [4.69, 9.17) is 14.2 Å². The zero-order valence-electron chi connectivity index (χ0n) is 20.7. The molecule has 3 aromatic carbocycles. The third-order valence-electron chi connectivity index (χ3n) is 5.88. The molecule has 1 amide bonds. The van der Waals surface area contributed by atoms with E-state index in [2.05, 4.69) is 28.2 Å². The van der Waals surface area contributed by atoms with E-state index in [1.54, 1.807) is 26.2 Å². The Kier molecular flexibility index (Phi) is 8.24. The topological polar surface area (TPSA) is 122 Å². The SMILES string of the molecule is CCOP(=O)(O)CCNC(=O)c1cccc2c(Nc3ccc(NS)cc3OC)c3cccc(C)c3nc12. The van der Waals surface area contributed by atoms with Crippen LogP contribution < -0.4 is 20.1 Å². The second-order valence-corrected chi connectivity index (χ2v) is 10.6. The van der Waals surface area contributed by atoms with Crippen molar-refractivity contribution < 1.29 is 23.5 Å². The summed E-state index contributed by atoms with van der Waals surface area (Å²) >= 11 is 4.11. The first-order valence-corrected chi connectivity index (χ1v) is 13.9. The lowest BCUT2D eigenvalue weighted by atomic mass is 10.0. The molecule has 11 heteroatoms. The minimum atomic E-state index is -3.75. The molecule has 0 spiro atoms. The number of ether oxygens (including phenoxy) is 1. The van der Waals surface area contributed by atoms with Gasteiger partial charge in [0.05, 0.1) is 47.9 Å². The second-order valence-electron chi connectivity index (χ2n) is 8.35. The summed E-state index contributed by atoms with van der Waals surface area (Å²) in [7, 11) is -2.16. The zero-order chi connectivity index (χ0) is 26.6. The van der Waals surface area contributed by atoms with Gasteiger partial charge in [-0.25, -0.2) is 4.98 Å². The number of amides is 1. The molecule has 37 heavy (non-hydrogen) atoms. The van der Waals surface area contributed by atoms with Crippen molar-refractivity contribution in [1.29, 1.82) is 0 Å². The summed E-state index contributed by atoms with van der Waals surface area (Å²) in [5.41, 5.74) is 4.86. The molecular formula is C26H29N4O5PS. The molecule has 0 radical (unpaired) electrons. The second kappa shape index (κ2) is 11.4. The lowest BCUT2D eigenvalue weighted by Crippen LogP contribution is -2.27. The van der Waals surface area contributed by atoms with Crippen LogP contribution in [0.1, 0.15) is 22.8 Å². The number of methoxy groups -OCH3 is 1. The van der Waals surface area contributed by atoms with Crippen molar-refractivity contribution in [2.24, 2.45) is 0 Å². The Balaban J connectivity index is 1.80. The van der Waals surface area contributed by atoms with E-state index in [-0.39, 0.29) is 19.3 Å². The van der Waals surface area contributed by atoms with Gasteiger partial charge in [-0.3, -0.25) is 9.36 Å². The first-order chi connectivity index (χ1) is 17.8. The third kappa shape index (κ3) is 5.83. The van der Waals surface area contributed by atoms with Gasteiger partial charge < -0.3 is 29.5 Å². The van der Waals surface area contributed by atoms with E-state index < -0.39 is 13.5 Å². The number of rotatable bonds is 10. The van der Waals surface area contributed by atoms with Crippen LogP contribution in [0.2, 0.25) is 0 Å². The molecule has 4 rings (SSSR count). The van der Waals surface area contributed by atoms with Crippen molar-refractivity contribution in [1.82, 2.24) is 10.3 Å². The number of aromatic nitrogens is 1. The molecule has 0 fully saturated rings. The van der Waals surface area contributed by atoms with Crippen LogP contribution in [-0.2, 0) is 9.09 Å². The smallest absolute Gasteiger partial charge is 0.329 e. The Morgan fingerprint density at radius 3 is 2.54 bits per heavy atom. The average Bonchev–Trinajstić information content (AvgIpc) is 2.88. The Bertz CT molecular complexity index is 1510. The minimum Gasteiger partial charge on any atom is -0.494 e. The molecule has 0 aliphatic carbocycles. The molecule has 4 aromatic rings. The molecule has 1 unspecified atom stereocenters. The van der Waals surface area contributed by atoms with Crippen LogP contribution in [0.5, 0.6) is 5.75 Å². The number of hydrogen-bond donors (Lipinski definition) is 5. The molecule has 0 aliphatic heterocycles. The molecule has 1 aromatic heterocycles. The minimum absolute atomic E-state index is 0.0105. The van der Waals surface area contributed by atoms with Gasteiger partial charge in [0.25, 0.3) is 5.91 Å². The van der Waals surface area contributed by atoms with Crippen LogP contribution in [0.4, 0.5) is 17.1 Å². The molecule has 0 bridgehead atoms. The molecule has 4 N–H and O–H groups in total. The first kappa shape index (κ1) is 26.8. The standard InChI is InChI=1S/C26H29N4O5PS/c1-4-35-36(32,33)14-13-27-26(31)20-10-6-9-19-24(18-8-5-7-16(2)23(18)29-25(19)20)28-21-12-11-17(30-37)15-22(21)34-3/h5-12,15,30,37H,4,13-14H2,1-3H3,(H,27,31)(H,28,29)(H,32,33). The van der Waals surface area contributed by atoms with E-state index in [9.17, 15) is 14.3 Å². The number of thiol groups is 1. The van der Waals surface area contributed by atoms with Crippen LogP contribution in [0, 0.1) is 6.92 Å². The predicted octanol–water partition coefficient (Wildman–Crippen LogP) is 5.66. The van der Waals surface area contributed by atoms with Crippen LogP contribution in [-0.4, -0.2) is 42.2 Å². The van der Waals surface area contributed by atoms with Crippen molar-refractivity contribution in [3.8, 4) is 5.75 Å². The number of anilines is 3. The van der Waals surface area contributed by atoms with Gasteiger partial charge in [0.2, 0.25) is 0 Å². The summed E-state index contributed by atoms with van der Waals surface area (Å²) in [6.45, 7) is 3.72. The maximum atomic E-state index is 13.1. The summed E-state index contributed by atoms with van der Waals surface area (Å²) in [5, 5.41) is 7.85. The van der Waals surface area contributed by atoms with E-state index in [1.807, 2.05) is 49.4 Å². The van der Waals surface area contributed by atoms with Gasteiger partial charge in [-0.05, 0) is 37.6 Å². The number of carbonyl (C=O) groups excluding carboxylic acids is 1. The molecule has 9 nitrogen and oxygen atoms in total.